The zero-order valence-corrected chi connectivity index (χ0v) is 14.2. The largest absolute Gasteiger partial charge is 0.494 e. The van der Waals surface area contributed by atoms with E-state index in [1.807, 2.05) is 51.1 Å². The summed E-state index contributed by atoms with van der Waals surface area (Å²) in [4.78, 5) is 11.7. The summed E-state index contributed by atoms with van der Waals surface area (Å²) in [6.07, 6.45) is 1.66. The van der Waals surface area contributed by atoms with E-state index in [1.54, 1.807) is 18.2 Å². The first-order valence-electron chi connectivity index (χ1n) is 7.96. The van der Waals surface area contributed by atoms with E-state index in [0.717, 1.165) is 22.6 Å². The molecule has 0 aliphatic carbocycles. The molecular formula is C20H22O4. The van der Waals surface area contributed by atoms with E-state index in [-0.39, 0.29) is 5.57 Å². The molecule has 0 aliphatic heterocycles. The predicted molar refractivity (Wildman–Crippen MR) is 95.5 cm³/mol. The summed E-state index contributed by atoms with van der Waals surface area (Å²) in [6.45, 7) is 6.85. The van der Waals surface area contributed by atoms with E-state index in [0.29, 0.717) is 18.8 Å². The van der Waals surface area contributed by atoms with Crippen molar-refractivity contribution < 1.29 is 19.4 Å². The van der Waals surface area contributed by atoms with Gasteiger partial charge in [-0.05, 0) is 67.8 Å². The molecule has 0 aliphatic rings. The highest BCUT2D eigenvalue weighted by molar-refractivity contribution is 6.21. The van der Waals surface area contributed by atoms with Crippen LogP contribution in [0.3, 0.4) is 0 Å². The fraction of sp³-hybridized carbons (Fsp3) is 0.250. The van der Waals surface area contributed by atoms with Gasteiger partial charge < -0.3 is 14.6 Å². The summed E-state index contributed by atoms with van der Waals surface area (Å²) in [5, 5.41) is 9.63. The third-order valence-electron chi connectivity index (χ3n) is 3.51. The van der Waals surface area contributed by atoms with Crippen LogP contribution in [0.25, 0.3) is 11.6 Å². The van der Waals surface area contributed by atoms with Crippen LogP contribution in [0.2, 0.25) is 0 Å². The molecule has 2 rings (SSSR count). The second kappa shape index (κ2) is 8.20. The molecule has 0 radical (unpaired) electrons. The fourth-order valence-electron chi connectivity index (χ4n) is 2.48. The van der Waals surface area contributed by atoms with Crippen molar-refractivity contribution in [1.29, 1.82) is 0 Å². The van der Waals surface area contributed by atoms with Gasteiger partial charge >= 0.3 is 5.97 Å². The third kappa shape index (κ3) is 4.38. The van der Waals surface area contributed by atoms with Crippen LogP contribution in [0, 0.1) is 6.92 Å². The molecule has 0 atom stereocenters. The van der Waals surface area contributed by atoms with E-state index < -0.39 is 5.97 Å². The monoisotopic (exact) mass is 326 g/mol. The Morgan fingerprint density at radius 1 is 1.04 bits per heavy atom. The molecule has 4 heteroatoms. The molecule has 0 saturated heterocycles. The van der Waals surface area contributed by atoms with E-state index >= 15 is 0 Å². The molecule has 1 N–H and O–H groups in total. The van der Waals surface area contributed by atoms with Gasteiger partial charge in [0.1, 0.15) is 11.5 Å². The van der Waals surface area contributed by atoms with Gasteiger partial charge in [0.2, 0.25) is 0 Å². The quantitative estimate of drug-likeness (QED) is 0.604. The standard InChI is InChI=1S/C20H22O4/c1-4-23-16-8-6-7-15(12-16)13-19(20(21)22)18-10-9-17(24-5-2)11-14(18)3/h6-13H,4-5H2,1-3H3,(H,21,22)/b19-13-. The molecular weight excluding hydrogens is 304 g/mol. The van der Waals surface area contributed by atoms with Crippen LogP contribution >= 0.6 is 0 Å². The number of benzene rings is 2. The number of carboxylic acid groups (broad SMARTS) is 1. The zero-order chi connectivity index (χ0) is 17.5. The Bertz CT molecular complexity index is 747. The lowest BCUT2D eigenvalue weighted by Crippen LogP contribution is -2.02. The summed E-state index contributed by atoms with van der Waals surface area (Å²) < 4.78 is 10.9. The first-order valence-corrected chi connectivity index (χ1v) is 7.96. The third-order valence-corrected chi connectivity index (χ3v) is 3.51. The normalized spacial score (nSPS) is 11.2. The highest BCUT2D eigenvalue weighted by Gasteiger charge is 2.14. The molecule has 0 spiro atoms. The molecule has 0 unspecified atom stereocenters. The maximum atomic E-state index is 11.7. The number of carboxylic acids is 1. The topological polar surface area (TPSA) is 55.8 Å². The first-order chi connectivity index (χ1) is 11.5. The molecule has 0 bridgehead atoms. The summed E-state index contributed by atoms with van der Waals surface area (Å²) in [7, 11) is 0. The van der Waals surface area contributed by atoms with Gasteiger partial charge in [0.05, 0.1) is 18.8 Å². The second-order valence-corrected chi connectivity index (χ2v) is 5.28. The fourth-order valence-corrected chi connectivity index (χ4v) is 2.48. The van der Waals surface area contributed by atoms with Crippen LogP contribution in [0.1, 0.15) is 30.5 Å². The minimum atomic E-state index is -0.968. The average molecular weight is 326 g/mol. The van der Waals surface area contributed by atoms with Crippen molar-refractivity contribution in [3.8, 4) is 11.5 Å². The molecule has 0 amide bonds. The highest BCUT2D eigenvalue weighted by atomic mass is 16.5. The SMILES string of the molecule is CCOc1cccc(/C=C(\C(=O)O)c2ccc(OCC)cc2C)c1. The summed E-state index contributed by atoms with van der Waals surface area (Å²) in [5.41, 5.74) is 2.55. The maximum absolute atomic E-state index is 11.7. The summed E-state index contributed by atoms with van der Waals surface area (Å²) in [5.74, 6) is 0.491. The Morgan fingerprint density at radius 3 is 2.29 bits per heavy atom. The number of aryl methyl sites for hydroxylation is 1. The highest BCUT2D eigenvalue weighted by Crippen LogP contribution is 2.26. The summed E-state index contributed by atoms with van der Waals surface area (Å²) in [6, 6.07) is 12.8. The van der Waals surface area contributed by atoms with Gasteiger partial charge in [0.25, 0.3) is 0 Å². The molecule has 0 aromatic heterocycles. The molecule has 126 valence electrons. The lowest BCUT2D eigenvalue weighted by Gasteiger charge is -2.10. The van der Waals surface area contributed by atoms with Crippen LogP contribution in [0.15, 0.2) is 42.5 Å². The van der Waals surface area contributed by atoms with Gasteiger partial charge in [-0.15, -0.1) is 0 Å². The summed E-state index contributed by atoms with van der Waals surface area (Å²) >= 11 is 0. The lowest BCUT2D eigenvalue weighted by atomic mass is 9.98. The van der Waals surface area contributed by atoms with Crippen LogP contribution in [-0.2, 0) is 4.79 Å². The maximum Gasteiger partial charge on any atom is 0.336 e. The van der Waals surface area contributed by atoms with Crippen molar-refractivity contribution in [2.24, 2.45) is 0 Å². The Balaban J connectivity index is 2.42. The molecule has 2 aromatic rings. The van der Waals surface area contributed by atoms with E-state index in [4.69, 9.17) is 9.47 Å². The van der Waals surface area contributed by atoms with Crippen molar-refractivity contribution in [2.75, 3.05) is 13.2 Å². The minimum absolute atomic E-state index is 0.240. The van der Waals surface area contributed by atoms with Crippen molar-refractivity contribution in [3.05, 3.63) is 59.2 Å². The van der Waals surface area contributed by atoms with Gasteiger partial charge in [-0.2, -0.15) is 0 Å². The second-order valence-electron chi connectivity index (χ2n) is 5.28. The van der Waals surface area contributed by atoms with E-state index in [9.17, 15) is 9.90 Å². The van der Waals surface area contributed by atoms with Gasteiger partial charge in [-0.25, -0.2) is 4.79 Å². The van der Waals surface area contributed by atoms with Gasteiger partial charge in [-0.3, -0.25) is 0 Å². The van der Waals surface area contributed by atoms with E-state index in [1.165, 1.54) is 0 Å². The number of aliphatic carboxylic acids is 1. The number of rotatable bonds is 7. The average Bonchev–Trinajstić information content (AvgIpc) is 2.54. The Hall–Kier alpha value is -2.75. The van der Waals surface area contributed by atoms with Crippen LogP contribution in [0.4, 0.5) is 0 Å². The van der Waals surface area contributed by atoms with E-state index in [2.05, 4.69) is 0 Å². The molecule has 24 heavy (non-hydrogen) atoms. The van der Waals surface area contributed by atoms with Gasteiger partial charge in [0.15, 0.2) is 0 Å². The molecule has 0 heterocycles. The molecule has 4 nitrogen and oxygen atoms in total. The lowest BCUT2D eigenvalue weighted by molar-refractivity contribution is -0.130. The molecule has 0 fully saturated rings. The number of carbonyl (C=O) groups is 1. The smallest absolute Gasteiger partial charge is 0.336 e. The van der Waals surface area contributed by atoms with Crippen LogP contribution in [0.5, 0.6) is 11.5 Å². The molecule has 2 aromatic carbocycles. The minimum Gasteiger partial charge on any atom is -0.494 e. The number of hydrogen-bond donors (Lipinski definition) is 1. The van der Waals surface area contributed by atoms with Gasteiger partial charge in [0, 0.05) is 0 Å². The van der Waals surface area contributed by atoms with Gasteiger partial charge in [-0.1, -0.05) is 18.2 Å². The first kappa shape index (κ1) is 17.6. The van der Waals surface area contributed by atoms with Crippen molar-refractivity contribution in [3.63, 3.8) is 0 Å². The van der Waals surface area contributed by atoms with Crippen LogP contribution in [-0.4, -0.2) is 24.3 Å². The van der Waals surface area contributed by atoms with Crippen molar-refractivity contribution in [2.45, 2.75) is 20.8 Å². The molecule has 0 saturated carbocycles. The Morgan fingerprint density at radius 2 is 1.71 bits per heavy atom. The Labute approximate surface area is 142 Å². The van der Waals surface area contributed by atoms with Crippen molar-refractivity contribution in [1.82, 2.24) is 0 Å². The zero-order valence-electron chi connectivity index (χ0n) is 14.2. The van der Waals surface area contributed by atoms with Crippen molar-refractivity contribution >= 4 is 17.6 Å². The van der Waals surface area contributed by atoms with Crippen LogP contribution < -0.4 is 9.47 Å². The predicted octanol–water partition coefficient (Wildman–Crippen LogP) is 4.42. The number of hydrogen-bond acceptors (Lipinski definition) is 3. The number of ether oxygens (including phenoxy) is 2. The Kier molecular flexibility index (Phi) is 6.01.